The first-order valence-electron chi connectivity index (χ1n) is 3.32. The van der Waals surface area contributed by atoms with Gasteiger partial charge in [-0.05, 0) is 12.1 Å². The molecule has 1 aromatic heterocycles. The number of hydrogen-bond acceptors (Lipinski definition) is 2. The third-order valence-corrected chi connectivity index (χ3v) is 1.38. The molecule has 0 atom stereocenters. The van der Waals surface area contributed by atoms with Gasteiger partial charge in [0.2, 0.25) is 0 Å². The van der Waals surface area contributed by atoms with Gasteiger partial charge in [-0.25, -0.2) is 8.78 Å². The van der Waals surface area contributed by atoms with E-state index < -0.39 is 12.3 Å². The van der Waals surface area contributed by atoms with Crippen LogP contribution in [0, 0.1) is 11.3 Å². The van der Waals surface area contributed by atoms with Crippen molar-refractivity contribution in [3.8, 4) is 6.07 Å². The van der Waals surface area contributed by atoms with E-state index in [1.54, 1.807) is 0 Å². The van der Waals surface area contributed by atoms with Crippen LogP contribution in [0.5, 0.6) is 0 Å². The van der Waals surface area contributed by atoms with Crippen molar-refractivity contribution in [1.82, 2.24) is 4.98 Å². The van der Waals surface area contributed by atoms with Gasteiger partial charge < -0.3 is 0 Å². The second-order valence-corrected chi connectivity index (χ2v) is 2.28. The minimum Gasteiger partial charge on any atom is -0.264 e. The Balaban J connectivity index is 2.91. The van der Waals surface area contributed by atoms with Crippen molar-refractivity contribution >= 4 is 0 Å². The Morgan fingerprint density at radius 1 is 1.58 bits per heavy atom. The van der Waals surface area contributed by atoms with Gasteiger partial charge in [-0.2, -0.15) is 5.26 Å². The summed E-state index contributed by atoms with van der Waals surface area (Å²) in [6, 6.07) is 4.10. The van der Waals surface area contributed by atoms with Crippen LogP contribution in [0.2, 0.25) is 0 Å². The third kappa shape index (κ3) is 1.76. The van der Waals surface area contributed by atoms with E-state index in [1.165, 1.54) is 24.4 Å². The van der Waals surface area contributed by atoms with Crippen molar-refractivity contribution in [2.24, 2.45) is 0 Å². The van der Waals surface area contributed by atoms with E-state index in [4.69, 9.17) is 5.26 Å². The smallest absolute Gasteiger partial charge is 0.264 e. The number of alkyl halides is 2. The molecule has 0 bridgehead atoms. The van der Waals surface area contributed by atoms with Crippen molar-refractivity contribution < 1.29 is 8.78 Å². The van der Waals surface area contributed by atoms with Crippen LogP contribution >= 0.6 is 0 Å². The summed E-state index contributed by atoms with van der Waals surface area (Å²) in [6.07, 6.45) is 1.67. The van der Waals surface area contributed by atoms with E-state index in [0.29, 0.717) is 0 Å². The van der Waals surface area contributed by atoms with Crippen LogP contribution in [0.25, 0.3) is 0 Å². The standard InChI is InChI=1S/C8H6F2N2/c9-8(10,3-4-11)7-2-1-5-12-6-7/h1-2,5-6H,3H2. The van der Waals surface area contributed by atoms with Crippen LogP contribution < -0.4 is 0 Å². The monoisotopic (exact) mass is 168 g/mol. The molecule has 0 aliphatic carbocycles. The molecule has 0 saturated carbocycles. The molecule has 0 amide bonds. The Bertz CT molecular complexity index is 290. The van der Waals surface area contributed by atoms with Gasteiger partial charge in [0.05, 0.1) is 6.07 Å². The molecule has 1 rings (SSSR count). The number of hydrogen-bond donors (Lipinski definition) is 0. The predicted molar refractivity (Wildman–Crippen MR) is 38.4 cm³/mol. The lowest BCUT2D eigenvalue weighted by molar-refractivity contribution is 0.000610. The third-order valence-electron chi connectivity index (χ3n) is 1.38. The highest BCUT2D eigenvalue weighted by Gasteiger charge is 2.31. The number of aromatic nitrogens is 1. The lowest BCUT2D eigenvalue weighted by atomic mass is 10.1. The molecule has 0 N–H and O–H groups in total. The van der Waals surface area contributed by atoms with Crippen molar-refractivity contribution in [2.75, 3.05) is 0 Å². The largest absolute Gasteiger partial charge is 0.287 e. The molecule has 0 aromatic carbocycles. The van der Waals surface area contributed by atoms with E-state index in [0.717, 1.165) is 6.20 Å². The maximum Gasteiger partial charge on any atom is 0.287 e. The quantitative estimate of drug-likeness (QED) is 0.677. The Hall–Kier alpha value is -1.50. The summed E-state index contributed by atoms with van der Waals surface area (Å²) in [4.78, 5) is 3.54. The average Bonchev–Trinajstić information content (AvgIpc) is 2.06. The molecule has 0 spiro atoms. The average molecular weight is 168 g/mol. The summed E-state index contributed by atoms with van der Waals surface area (Å²) in [7, 11) is 0. The van der Waals surface area contributed by atoms with Gasteiger partial charge >= 0.3 is 0 Å². The molecule has 0 aliphatic rings. The molecule has 2 nitrogen and oxygen atoms in total. The summed E-state index contributed by atoms with van der Waals surface area (Å²) in [5.41, 5.74) is -0.216. The van der Waals surface area contributed by atoms with Crippen LogP contribution in [0.1, 0.15) is 12.0 Å². The highest BCUT2D eigenvalue weighted by molar-refractivity contribution is 5.16. The molecule has 12 heavy (non-hydrogen) atoms. The van der Waals surface area contributed by atoms with E-state index in [-0.39, 0.29) is 5.56 Å². The summed E-state index contributed by atoms with van der Waals surface area (Å²) >= 11 is 0. The molecule has 1 heterocycles. The van der Waals surface area contributed by atoms with Crippen LogP contribution in [-0.4, -0.2) is 4.98 Å². The molecule has 4 heteroatoms. The second kappa shape index (κ2) is 3.26. The van der Waals surface area contributed by atoms with E-state index in [1.807, 2.05) is 0 Å². The van der Waals surface area contributed by atoms with Crippen molar-refractivity contribution in [3.05, 3.63) is 30.1 Å². The Kier molecular flexibility index (Phi) is 2.34. The first kappa shape index (κ1) is 8.60. The number of halogens is 2. The van der Waals surface area contributed by atoms with Crippen molar-refractivity contribution in [1.29, 1.82) is 5.26 Å². The van der Waals surface area contributed by atoms with Gasteiger partial charge in [0.1, 0.15) is 6.42 Å². The van der Waals surface area contributed by atoms with E-state index >= 15 is 0 Å². The molecule has 0 unspecified atom stereocenters. The SMILES string of the molecule is N#CCC(F)(F)c1cccnc1. The fraction of sp³-hybridized carbons (Fsp3) is 0.250. The van der Waals surface area contributed by atoms with E-state index in [9.17, 15) is 8.78 Å². The summed E-state index contributed by atoms with van der Waals surface area (Å²) in [5.74, 6) is -3.08. The van der Waals surface area contributed by atoms with Gasteiger partial charge in [-0.15, -0.1) is 0 Å². The fourth-order valence-electron chi connectivity index (χ4n) is 0.780. The lowest BCUT2D eigenvalue weighted by Gasteiger charge is -2.11. The normalized spacial score (nSPS) is 10.8. The van der Waals surface area contributed by atoms with Gasteiger partial charge in [0.15, 0.2) is 0 Å². The minimum atomic E-state index is -3.08. The number of nitriles is 1. The number of pyridine rings is 1. The topological polar surface area (TPSA) is 36.7 Å². The zero-order valence-electron chi connectivity index (χ0n) is 6.17. The van der Waals surface area contributed by atoms with Crippen molar-refractivity contribution in [3.63, 3.8) is 0 Å². The van der Waals surface area contributed by atoms with Crippen molar-refractivity contribution in [2.45, 2.75) is 12.3 Å². The fourth-order valence-corrected chi connectivity index (χ4v) is 0.780. The van der Waals surface area contributed by atoms with Gasteiger partial charge in [-0.3, -0.25) is 4.98 Å². The molecule has 0 radical (unpaired) electrons. The number of nitrogens with zero attached hydrogens (tertiary/aromatic N) is 2. The highest BCUT2D eigenvalue weighted by atomic mass is 19.3. The van der Waals surface area contributed by atoms with Crippen LogP contribution in [0.15, 0.2) is 24.5 Å². The molecule has 1 aromatic rings. The van der Waals surface area contributed by atoms with Gasteiger partial charge in [0, 0.05) is 18.0 Å². The highest BCUT2D eigenvalue weighted by Crippen LogP contribution is 2.29. The van der Waals surface area contributed by atoms with Crippen LogP contribution in [-0.2, 0) is 5.92 Å². The van der Waals surface area contributed by atoms with Gasteiger partial charge in [-0.1, -0.05) is 0 Å². The molecular formula is C8H6F2N2. The maximum atomic E-state index is 12.9. The van der Waals surface area contributed by atoms with Crippen LogP contribution in [0.3, 0.4) is 0 Å². The summed E-state index contributed by atoms with van der Waals surface area (Å²) < 4.78 is 25.8. The minimum absolute atomic E-state index is 0.216. The Morgan fingerprint density at radius 3 is 2.83 bits per heavy atom. The van der Waals surface area contributed by atoms with Crippen LogP contribution in [0.4, 0.5) is 8.78 Å². The molecule has 0 aliphatic heterocycles. The molecular weight excluding hydrogens is 162 g/mol. The Labute approximate surface area is 68.5 Å². The molecule has 0 saturated heterocycles. The summed E-state index contributed by atoms with van der Waals surface area (Å²) in [5, 5.41) is 8.11. The molecule has 62 valence electrons. The maximum absolute atomic E-state index is 12.9. The lowest BCUT2D eigenvalue weighted by Crippen LogP contribution is -2.12. The molecule has 0 fully saturated rings. The predicted octanol–water partition coefficient (Wildman–Crippen LogP) is 2.09. The zero-order chi connectivity index (χ0) is 9.03. The van der Waals surface area contributed by atoms with Gasteiger partial charge in [0.25, 0.3) is 5.92 Å². The Morgan fingerprint density at radius 2 is 2.33 bits per heavy atom. The first-order chi connectivity index (χ1) is 5.67. The summed E-state index contributed by atoms with van der Waals surface area (Å²) in [6.45, 7) is 0. The first-order valence-corrected chi connectivity index (χ1v) is 3.32. The second-order valence-electron chi connectivity index (χ2n) is 2.28. The van der Waals surface area contributed by atoms with E-state index in [2.05, 4.69) is 4.98 Å². The number of rotatable bonds is 2. The zero-order valence-corrected chi connectivity index (χ0v) is 6.17.